The molecule has 1 aliphatic heterocycles. The fourth-order valence-corrected chi connectivity index (χ4v) is 5.59. The summed E-state index contributed by atoms with van der Waals surface area (Å²) in [5, 5.41) is 5.56. The van der Waals surface area contributed by atoms with Gasteiger partial charge in [0.2, 0.25) is 0 Å². The predicted octanol–water partition coefficient (Wildman–Crippen LogP) is 6.51. The van der Waals surface area contributed by atoms with E-state index in [0.29, 0.717) is 17.6 Å². The van der Waals surface area contributed by atoms with Crippen molar-refractivity contribution in [1.29, 1.82) is 0 Å². The first kappa shape index (κ1) is 20.7. The highest BCUT2D eigenvalue weighted by Gasteiger charge is 2.43. The monoisotopic (exact) mass is 442 g/mol. The second kappa shape index (κ2) is 7.75. The minimum Gasteiger partial charge on any atom is -0.357 e. The number of hydrogen-bond donors (Lipinski definition) is 1. The molecule has 5 rings (SSSR count). The van der Waals surface area contributed by atoms with Crippen molar-refractivity contribution in [1.82, 2.24) is 0 Å². The summed E-state index contributed by atoms with van der Waals surface area (Å²) in [6.45, 7) is 6.26. The van der Waals surface area contributed by atoms with Gasteiger partial charge in [-0.1, -0.05) is 49.7 Å². The molecular weight excluding hydrogens is 416 g/mol. The molecule has 0 spiro atoms. The topological polar surface area (TPSA) is 49.4 Å². The summed E-state index contributed by atoms with van der Waals surface area (Å²) < 4.78 is 0. The molecule has 32 heavy (non-hydrogen) atoms. The third-order valence-electron chi connectivity index (χ3n) is 6.23. The number of nitrogens with one attached hydrogen (secondary N) is 1. The molecule has 2 aliphatic rings. The van der Waals surface area contributed by atoms with E-state index >= 15 is 0 Å². The van der Waals surface area contributed by atoms with Gasteiger partial charge < -0.3 is 5.32 Å². The van der Waals surface area contributed by atoms with Gasteiger partial charge in [-0.25, -0.2) is 0 Å². The van der Waals surface area contributed by atoms with Crippen LogP contribution >= 0.6 is 11.3 Å². The van der Waals surface area contributed by atoms with Crippen LogP contribution in [0.1, 0.15) is 53.5 Å². The van der Waals surface area contributed by atoms with Crippen LogP contribution < -0.4 is 10.2 Å². The van der Waals surface area contributed by atoms with E-state index in [4.69, 9.17) is 0 Å². The van der Waals surface area contributed by atoms with E-state index < -0.39 is 6.04 Å². The van der Waals surface area contributed by atoms with E-state index in [0.717, 1.165) is 33.9 Å². The lowest BCUT2D eigenvalue weighted by molar-refractivity contribution is -0.118. The van der Waals surface area contributed by atoms with Crippen molar-refractivity contribution in [2.24, 2.45) is 5.41 Å². The maximum atomic E-state index is 14.0. The second-order valence-corrected chi connectivity index (χ2v) is 10.4. The lowest BCUT2D eigenvalue weighted by Crippen LogP contribution is -2.39. The first-order valence-corrected chi connectivity index (χ1v) is 11.8. The Kier molecular flexibility index (Phi) is 5.01. The number of para-hydroxylation sites is 2. The molecule has 0 saturated carbocycles. The first-order chi connectivity index (χ1) is 15.3. The zero-order chi connectivity index (χ0) is 22.5. The molecule has 0 unspecified atom stereocenters. The highest BCUT2D eigenvalue weighted by atomic mass is 32.1. The number of fused-ring (bicyclic) bond motifs is 1. The molecule has 0 bridgehead atoms. The minimum atomic E-state index is -0.460. The zero-order valence-electron chi connectivity index (χ0n) is 18.5. The number of amides is 1. The van der Waals surface area contributed by atoms with E-state index in [1.807, 2.05) is 77.9 Å². The molecule has 3 aromatic rings. The van der Waals surface area contributed by atoms with Crippen molar-refractivity contribution >= 4 is 34.4 Å². The molecule has 1 aromatic heterocycles. The number of Topliss-reactive ketones (excluding diaryl/α,β-unsaturated/α-hetero) is 1. The van der Waals surface area contributed by atoms with Crippen LogP contribution in [-0.2, 0) is 4.79 Å². The van der Waals surface area contributed by atoms with Gasteiger partial charge in [0, 0.05) is 28.1 Å². The molecule has 162 valence electrons. The molecule has 0 radical (unpaired) electrons. The largest absolute Gasteiger partial charge is 0.357 e. The summed E-state index contributed by atoms with van der Waals surface area (Å²) in [4.78, 5) is 30.4. The number of rotatable bonds is 2. The van der Waals surface area contributed by atoms with Gasteiger partial charge in [-0.2, -0.15) is 0 Å². The summed E-state index contributed by atoms with van der Waals surface area (Å²) in [6.07, 6.45) is 1.23. The second-order valence-electron chi connectivity index (χ2n) is 9.43. The quantitative estimate of drug-likeness (QED) is 0.492. The summed E-state index contributed by atoms with van der Waals surface area (Å²) in [5.41, 5.74) is 4.86. The molecule has 1 amide bonds. The number of ketones is 1. The number of aryl methyl sites for hydroxylation is 1. The van der Waals surface area contributed by atoms with E-state index in [-0.39, 0.29) is 17.1 Å². The standard InChI is InChI=1S/C27H26N2O2S/c1-17-10-12-18(13-11-17)26(31)29-21-8-5-4-7-19(21)28-20-15-27(2,3)16-22(30)24(20)25(29)23-9-6-14-32-23/h4-14,25,28H,15-16H2,1-3H3/t25-/m0/s1. The molecule has 1 aliphatic carbocycles. The number of hydrogen-bond acceptors (Lipinski definition) is 4. The smallest absolute Gasteiger partial charge is 0.259 e. The third-order valence-corrected chi connectivity index (χ3v) is 7.16. The zero-order valence-corrected chi connectivity index (χ0v) is 19.3. The fourth-order valence-electron chi connectivity index (χ4n) is 4.76. The van der Waals surface area contributed by atoms with Gasteiger partial charge in [0.25, 0.3) is 5.91 Å². The van der Waals surface area contributed by atoms with Gasteiger partial charge in [0.05, 0.1) is 11.4 Å². The average Bonchev–Trinajstić information content (AvgIpc) is 3.23. The van der Waals surface area contributed by atoms with Crippen molar-refractivity contribution in [2.45, 2.75) is 39.7 Å². The van der Waals surface area contributed by atoms with Gasteiger partial charge in [0.15, 0.2) is 5.78 Å². The number of thiophene rings is 1. The highest BCUT2D eigenvalue weighted by Crippen LogP contribution is 2.49. The summed E-state index contributed by atoms with van der Waals surface area (Å²) in [7, 11) is 0. The van der Waals surface area contributed by atoms with Gasteiger partial charge in [-0.3, -0.25) is 14.5 Å². The average molecular weight is 443 g/mol. The number of anilines is 2. The Morgan fingerprint density at radius 1 is 1.03 bits per heavy atom. The van der Waals surface area contributed by atoms with Crippen molar-refractivity contribution in [3.63, 3.8) is 0 Å². The fraction of sp³-hybridized carbons (Fsp3) is 0.259. The normalized spacial score (nSPS) is 19.7. The number of allylic oxidation sites excluding steroid dienone is 1. The Morgan fingerprint density at radius 3 is 2.50 bits per heavy atom. The Balaban J connectivity index is 1.76. The maximum absolute atomic E-state index is 14.0. The van der Waals surface area contributed by atoms with Crippen LogP contribution in [0.5, 0.6) is 0 Å². The van der Waals surface area contributed by atoms with Gasteiger partial charge in [-0.05, 0) is 54.5 Å². The van der Waals surface area contributed by atoms with Gasteiger partial charge >= 0.3 is 0 Å². The molecule has 2 heterocycles. The molecular formula is C27H26N2O2S. The van der Waals surface area contributed by atoms with E-state index in [1.165, 1.54) is 0 Å². The molecule has 4 nitrogen and oxygen atoms in total. The first-order valence-electron chi connectivity index (χ1n) is 10.9. The Hall–Kier alpha value is -3.18. The SMILES string of the molecule is Cc1ccc(C(=O)N2c3ccccc3NC3=C(C(=O)CC(C)(C)C3)[C@@H]2c2cccs2)cc1. The Bertz CT molecular complexity index is 1220. The van der Waals surface area contributed by atoms with E-state index in [2.05, 4.69) is 19.2 Å². The van der Waals surface area contributed by atoms with Crippen LogP contribution in [-0.4, -0.2) is 11.7 Å². The lowest BCUT2D eigenvalue weighted by Gasteiger charge is -2.36. The third kappa shape index (κ3) is 3.56. The number of nitrogens with zero attached hydrogens (tertiary/aromatic N) is 1. The van der Waals surface area contributed by atoms with E-state index in [1.54, 1.807) is 11.3 Å². The van der Waals surface area contributed by atoms with Crippen LogP contribution in [0.15, 0.2) is 77.3 Å². The summed E-state index contributed by atoms with van der Waals surface area (Å²) in [5.74, 6) is 0.000644. The highest BCUT2D eigenvalue weighted by molar-refractivity contribution is 7.10. The minimum absolute atomic E-state index is 0.107. The van der Waals surface area contributed by atoms with Crippen molar-refractivity contribution in [2.75, 3.05) is 10.2 Å². The van der Waals surface area contributed by atoms with Crippen LogP contribution in [0, 0.1) is 12.3 Å². The van der Waals surface area contributed by atoms with Crippen LogP contribution in [0.25, 0.3) is 0 Å². The molecule has 0 fully saturated rings. The van der Waals surface area contributed by atoms with Crippen LogP contribution in [0.2, 0.25) is 0 Å². The molecule has 5 heteroatoms. The predicted molar refractivity (Wildman–Crippen MR) is 130 cm³/mol. The van der Waals surface area contributed by atoms with Gasteiger partial charge in [-0.15, -0.1) is 11.3 Å². The van der Waals surface area contributed by atoms with Gasteiger partial charge in [0.1, 0.15) is 6.04 Å². The summed E-state index contributed by atoms with van der Waals surface area (Å²) in [6, 6.07) is 19.0. The van der Waals surface area contributed by atoms with Crippen molar-refractivity contribution in [3.05, 3.63) is 93.3 Å². The summed E-state index contributed by atoms with van der Waals surface area (Å²) >= 11 is 1.58. The number of benzene rings is 2. The van der Waals surface area contributed by atoms with Crippen LogP contribution in [0.3, 0.4) is 0 Å². The van der Waals surface area contributed by atoms with Crippen molar-refractivity contribution in [3.8, 4) is 0 Å². The maximum Gasteiger partial charge on any atom is 0.259 e. The Labute approximate surface area is 192 Å². The number of carbonyl (C=O) groups is 2. The molecule has 0 saturated heterocycles. The van der Waals surface area contributed by atoms with E-state index in [9.17, 15) is 9.59 Å². The lowest BCUT2D eigenvalue weighted by atomic mass is 9.74. The van der Waals surface area contributed by atoms with Crippen molar-refractivity contribution < 1.29 is 9.59 Å². The molecule has 2 aromatic carbocycles. The number of carbonyl (C=O) groups excluding carboxylic acids is 2. The van der Waals surface area contributed by atoms with Crippen LogP contribution in [0.4, 0.5) is 11.4 Å². The Morgan fingerprint density at radius 2 is 1.78 bits per heavy atom. The molecule has 1 N–H and O–H groups in total. The molecule has 1 atom stereocenters.